The molecular weight excluding hydrogens is 508 g/mol. The lowest BCUT2D eigenvalue weighted by Crippen LogP contribution is -2.51. The smallest absolute Gasteiger partial charge is 0.268 e. The summed E-state index contributed by atoms with van der Waals surface area (Å²) in [5.74, 6) is -2.68. The molecule has 0 radical (unpaired) electrons. The second-order valence-corrected chi connectivity index (χ2v) is 10.8. The molecular formula is C25H28ClF2N5O4. The van der Waals surface area contributed by atoms with Crippen molar-refractivity contribution >= 4 is 40.2 Å². The Labute approximate surface area is 217 Å². The number of halogens is 3. The molecule has 37 heavy (non-hydrogen) atoms. The topological polar surface area (TPSA) is 136 Å². The van der Waals surface area contributed by atoms with Crippen molar-refractivity contribution in [3.05, 3.63) is 28.7 Å². The van der Waals surface area contributed by atoms with Crippen LogP contribution in [0.1, 0.15) is 56.4 Å². The van der Waals surface area contributed by atoms with Gasteiger partial charge in [-0.2, -0.15) is 5.26 Å². The van der Waals surface area contributed by atoms with Gasteiger partial charge in [-0.05, 0) is 45.6 Å². The summed E-state index contributed by atoms with van der Waals surface area (Å²) in [5.41, 5.74) is -2.18. The van der Waals surface area contributed by atoms with Crippen LogP contribution in [0.5, 0.6) is 5.75 Å². The SMILES string of the molecule is COc1cc(Cl)c(F)c2[nH]c(C(=O)NC(CC(C)(C)F)C(=O)NC(C#N)CC3CC4(CC4)NC3=O)cc12. The van der Waals surface area contributed by atoms with Crippen molar-refractivity contribution in [3.8, 4) is 11.8 Å². The van der Waals surface area contributed by atoms with Crippen molar-refractivity contribution in [2.75, 3.05) is 7.11 Å². The number of nitriles is 1. The van der Waals surface area contributed by atoms with Crippen LogP contribution in [0.3, 0.4) is 0 Å². The lowest BCUT2D eigenvalue weighted by molar-refractivity contribution is -0.125. The number of H-pyrrole nitrogens is 1. The summed E-state index contributed by atoms with van der Waals surface area (Å²) in [7, 11) is 1.37. The van der Waals surface area contributed by atoms with E-state index in [4.69, 9.17) is 16.3 Å². The van der Waals surface area contributed by atoms with E-state index in [9.17, 15) is 28.4 Å². The Morgan fingerprint density at radius 1 is 1.35 bits per heavy atom. The van der Waals surface area contributed by atoms with Gasteiger partial charge in [-0.1, -0.05) is 11.6 Å². The molecule has 2 fully saturated rings. The van der Waals surface area contributed by atoms with E-state index in [-0.39, 0.29) is 51.7 Å². The summed E-state index contributed by atoms with van der Waals surface area (Å²) in [5, 5.41) is 17.6. The van der Waals surface area contributed by atoms with Gasteiger partial charge in [0.1, 0.15) is 29.2 Å². The average Bonchev–Trinajstić information content (AvgIpc) is 3.29. The van der Waals surface area contributed by atoms with Gasteiger partial charge in [-0.3, -0.25) is 14.4 Å². The van der Waals surface area contributed by atoms with E-state index in [0.717, 1.165) is 12.8 Å². The number of nitrogens with zero attached hydrogens (tertiary/aromatic N) is 1. The third-order valence-electron chi connectivity index (χ3n) is 6.79. The first-order chi connectivity index (χ1) is 17.3. The highest BCUT2D eigenvalue weighted by Gasteiger charge is 2.52. The molecule has 1 aromatic heterocycles. The summed E-state index contributed by atoms with van der Waals surface area (Å²) in [6, 6.07) is 2.23. The Balaban J connectivity index is 1.50. The van der Waals surface area contributed by atoms with Gasteiger partial charge in [0.15, 0.2) is 5.82 Å². The standard InChI is InChI=1S/C25H28ClF2N5O4/c1-24(2,28)10-17(23(36)30-13(11-29)6-12-9-25(4-5-25)33-21(12)34)32-22(35)16-7-14-18(37-3)8-15(26)19(27)20(14)31-16/h7-8,12-13,17,31H,4-6,9-10H2,1-3H3,(H,30,36)(H,32,35)(H,33,34). The fraction of sp³-hybridized carbons (Fsp3) is 0.520. The number of aromatic nitrogens is 1. The molecule has 2 aromatic rings. The molecule has 1 aliphatic carbocycles. The number of benzene rings is 1. The maximum Gasteiger partial charge on any atom is 0.268 e. The quantitative estimate of drug-likeness (QED) is 0.391. The maximum absolute atomic E-state index is 14.6. The monoisotopic (exact) mass is 535 g/mol. The van der Waals surface area contributed by atoms with Gasteiger partial charge >= 0.3 is 0 Å². The Morgan fingerprint density at radius 2 is 2.05 bits per heavy atom. The minimum Gasteiger partial charge on any atom is -0.496 e. The van der Waals surface area contributed by atoms with Gasteiger partial charge in [-0.15, -0.1) is 0 Å². The third kappa shape index (κ3) is 5.80. The van der Waals surface area contributed by atoms with Gasteiger partial charge in [-0.25, -0.2) is 8.78 Å². The molecule has 1 aliphatic heterocycles. The predicted octanol–water partition coefficient (Wildman–Crippen LogP) is 3.27. The Kier molecular flexibility index (Phi) is 7.08. The predicted molar refractivity (Wildman–Crippen MR) is 131 cm³/mol. The van der Waals surface area contributed by atoms with Crippen LogP contribution in [0.4, 0.5) is 8.78 Å². The molecule has 4 rings (SSSR count). The van der Waals surface area contributed by atoms with Crippen LogP contribution in [-0.2, 0) is 9.59 Å². The Hall–Kier alpha value is -3.39. The second-order valence-electron chi connectivity index (χ2n) is 10.4. The van der Waals surface area contributed by atoms with E-state index in [1.54, 1.807) is 0 Å². The molecule has 4 N–H and O–H groups in total. The highest BCUT2D eigenvalue weighted by Crippen LogP contribution is 2.46. The van der Waals surface area contributed by atoms with Crippen LogP contribution in [0, 0.1) is 23.1 Å². The summed E-state index contributed by atoms with van der Waals surface area (Å²) < 4.78 is 34.3. The number of nitrogens with one attached hydrogen (secondary N) is 4. The van der Waals surface area contributed by atoms with Crippen molar-refractivity contribution < 1.29 is 27.9 Å². The first-order valence-electron chi connectivity index (χ1n) is 11.9. The number of carbonyl (C=O) groups excluding carboxylic acids is 3. The van der Waals surface area contributed by atoms with Crippen molar-refractivity contribution in [2.45, 2.75) is 69.2 Å². The van der Waals surface area contributed by atoms with E-state index in [2.05, 4.69) is 20.9 Å². The van der Waals surface area contributed by atoms with E-state index < -0.39 is 41.3 Å². The molecule has 1 saturated heterocycles. The number of ether oxygens (including phenoxy) is 1. The number of amides is 3. The number of hydrogen-bond donors (Lipinski definition) is 4. The minimum atomic E-state index is -1.84. The maximum atomic E-state index is 14.6. The molecule has 9 nitrogen and oxygen atoms in total. The Morgan fingerprint density at radius 3 is 2.62 bits per heavy atom. The van der Waals surface area contributed by atoms with Crippen LogP contribution in [0.2, 0.25) is 5.02 Å². The van der Waals surface area contributed by atoms with Gasteiger partial charge in [0.05, 0.1) is 23.7 Å². The third-order valence-corrected chi connectivity index (χ3v) is 7.06. The van der Waals surface area contributed by atoms with E-state index in [1.165, 1.54) is 33.1 Å². The number of fused-ring (bicyclic) bond motifs is 1. The number of methoxy groups -OCH3 is 1. The van der Waals surface area contributed by atoms with Crippen LogP contribution < -0.4 is 20.7 Å². The molecule has 3 amide bonds. The zero-order valence-electron chi connectivity index (χ0n) is 20.6. The van der Waals surface area contributed by atoms with Crippen molar-refractivity contribution in [3.63, 3.8) is 0 Å². The van der Waals surface area contributed by atoms with Crippen molar-refractivity contribution in [1.29, 1.82) is 5.26 Å². The zero-order valence-corrected chi connectivity index (χ0v) is 21.4. The van der Waals surface area contributed by atoms with Gasteiger partial charge in [0.2, 0.25) is 11.8 Å². The van der Waals surface area contributed by atoms with Gasteiger partial charge in [0.25, 0.3) is 5.91 Å². The molecule has 0 bridgehead atoms. The van der Waals surface area contributed by atoms with E-state index in [0.29, 0.717) is 6.42 Å². The van der Waals surface area contributed by atoms with Gasteiger partial charge < -0.3 is 25.7 Å². The fourth-order valence-electron chi connectivity index (χ4n) is 4.77. The van der Waals surface area contributed by atoms with Gasteiger partial charge in [0, 0.05) is 29.3 Å². The van der Waals surface area contributed by atoms with E-state index >= 15 is 0 Å². The first kappa shape index (κ1) is 26.7. The molecule has 1 spiro atoms. The molecule has 2 aliphatic rings. The number of carbonyl (C=O) groups is 3. The molecule has 12 heteroatoms. The summed E-state index contributed by atoms with van der Waals surface area (Å²) in [4.78, 5) is 41.0. The summed E-state index contributed by atoms with van der Waals surface area (Å²) in [6.07, 6.45) is 2.11. The largest absolute Gasteiger partial charge is 0.496 e. The average molecular weight is 536 g/mol. The minimum absolute atomic E-state index is 0.0610. The van der Waals surface area contributed by atoms with Crippen LogP contribution >= 0.6 is 11.6 Å². The lowest BCUT2D eigenvalue weighted by Gasteiger charge is -2.25. The first-order valence-corrected chi connectivity index (χ1v) is 12.3. The number of aromatic amines is 1. The normalized spacial score (nSPS) is 19.7. The number of alkyl halides is 1. The molecule has 2 heterocycles. The van der Waals surface area contributed by atoms with E-state index in [1.807, 2.05) is 6.07 Å². The zero-order chi connectivity index (χ0) is 27.1. The van der Waals surface area contributed by atoms with Crippen molar-refractivity contribution in [2.24, 2.45) is 5.92 Å². The van der Waals surface area contributed by atoms with Crippen LogP contribution in [-0.4, -0.2) is 53.1 Å². The van der Waals surface area contributed by atoms with Crippen LogP contribution in [0.25, 0.3) is 10.9 Å². The highest BCUT2D eigenvalue weighted by molar-refractivity contribution is 6.31. The number of rotatable bonds is 9. The molecule has 1 saturated carbocycles. The lowest BCUT2D eigenvalue weighted by atomic mass is 9.95. The Bertz CT molecular complexity index is 1290. The molecule has 3 atom stereocenters. The van der Waals surface area contributed by atoms with Crippen LogP contribution in [0.15, 0.2) is 12.1 Å². The molecule has 1 aromatic carbocycles. The van der Waals surface area contributed by atoms with Crippen molar-refractivity contribution in [1.82, 2.24) is 20.9 Å². The highest BCUT2D eigenvalue weighted by atomic mass is 35.5. The number of hydrogen-bond acceptors (Lipinski definition) is 5. The molecule has 3 unspecified atom stereocenters. The molecule has 198 valence electrons. The second kappa shape index (κ2) is 9.82. The summed E-state index contributed by atoms with van der Waals surface area (Å²) >= 11 is 5.89. The summed E-state index contributed by atoms with van der Waals surface area (Å²) in [6.45, 7) is 2.51. The fourth-order valence-corrected chi connectivity index (χ4v) is 4.96.